The quantitative estimate of drug-likeness (QED) is 0.429. The number of hydrogen-bond acceptors (Lipinski definition) is 4. The van der Waals surface area contributed by atoms with Crippen molar-refractivity contribution in [2.75, 3.05) is 26.2 Å². The van der Waals surface area contributed by atoms with Crippen LogP contribution in [-0.4, -0.2) is 37.4 Å². The molecular weight excluding hydrogens is 398 g/mol. The predicted molar refractivity (Wildman–Crippen MR) is 120 cm³/mol. The molecule has 0 N–H and O–H groups in total. The van der Waals surface area contributed by atoms with Crippen LogP contribution in [0.3, 0.4) is 0 Å². The fourth-order valence-corrected chi connectivity index (χ4v) is 4.96. The fourth-order valence-electron chi connectivity index (χ4n) is 4.71. The van der Waals surface area contributed by atoms with Crippen molar-refractivity contribution in [2.45, 2.75) is 51.0 Å². The summed E-state index contributed by atoms with van der Waals surface area (Å²) in [6.45, 7) is 6.47. The van der Waals surface area contributed by atoms with E-state index in [1.165, 1.54) is 11.1 Å². The molecule has 2 aromatic rings. The van der Waals surface area contributed by atoms with Crippen molar-refractivity contribution in [2.24, 2.45) is 0 Å². The normalized spacial score (nSPS) is 17.5. The summed E-state index contributed by atoms with van der Waals surface area (Å²) in [4.78, 5) is 13.0. The molecule has 1 spiro atoms. The number of fused-ring (bicyclic) bond motifs is 2. The standard InChI is InChI=1S/C25H30ClNO3/c1-2-19-6-5-7-23(26)21(19)17-29-20-8-9-22-24(16-20)30-18-25(22)10-13-27(14-11-25)12-3-4-15-28/h5-9,15-16H,2-4,10-14,17-18H2,1H3. The Hall–Kier alpha value is -2.04. The fraction of sp³-hybridized carbons (Fsp3) is 0.480. The molecule has 160 valence electrons. The Labute approximate surface area is 184 Å². The molecule has 2 aromatic carbocycles. The summed E-state index contributed by atoms with van der Waals surface area (Å²) >= 11 is 6.39. The van der Waals surface area contributed by atoms with Gasteiger partial charge in [0.25, 0.3) is 0 Å². The molecule has 2 aliphatic heterocycles. The van der Waals surface area contributed by atoms with Crippen LogP contribution < -0.4 is 9.47 Å². The smallest absolute Gasteiger partial charge is 0.126 e. The predicted octanol–water partition coefficient (Wildman–Crippen LogP) is 5.19. The molecule has 0 amide bonds. The van der Waals surface area contributed by atoms with Gasteiger partial charge in [0.15, 0.2) is 0 Å². The lowest BCUT2D eigenvalue weighted by Gasteiger charge is -2.38. The van der Waals surface area contributed by atoms with Crippen LogP contribution in [0.15, 0.2) is 36.4 Å². The van der Waals surface area contributed by atoms with Crippen LogP contribution in [0.4, 0.5) is 0 Å². The van der Waals surface area contributed by atoms with Crippen molar-refractivity contribution >= 4 is 17.9 Å². The minimum atomic E-state index is 0.118. The number of carbonyl (C=O) groups is 1. The van der Waals surface area contributed by atoms with Gasteiger partial charge in [-0.05, 0) is 63.0 Å². The van der Waals surface area contributed by atoms with Crippen LogP contribution in [0.25, 0.3) is 0 Å². The molecule has 1 fully saturated rings. The summed E-state index contributed by atoms with van der Waals surface area (Å²) < 4.78 is 12.2. The zero-order chi connectivity index (χ0) is 21.0. The summed E-state index contributed by atoms with van der Waals surface area (Å²) in [5, 5.41) is 0.755. The molecule has 5 heteroatoms. The number of ether oxygens (including phenoxy) is 2. The van der Waals surface area contributed by atoms with E-state index in [1.807, 2.05) is 18.2 Å². The molecule has 0 saturated carbocycles. The van der Waals surface area contributed by atoms with E-state index < -0.39 is 0 Å². The first-order valence-electron chi connectivity index (χ1n) is 11.0. The summed E-state index contributed by atoms with van der Waals surface area (Å²) in [7, 11) is 0. The zero-order valence-electron chi connectivity index (χ0n) is 17.7. The number of rotatable bonds is 8. The second kappa shape index (κ2) is 9.40. The van der Waals surface area contributed by atoms with Crippen molar-refractivity contribution in [3.05, 3.63) is 58.1 Å². The van der Waals surface area contributed by atoms with Gasteiger partial charge < -0.3 is 19.2 Å². The number of aryl methyl sites for hydroxylation is 1. The van der Waals surface area contributed by atoms with Gasteiger partial charge in [-0.15, -0.1) is 0 Å². The van der Waals surface area contributed by atoms with Gasteiger partial charge in [-0.1, -0.05) is 36.7 Å². The molecule has 0 atom stereocenters. The van der Waals surface area contributed by atoms with E-state index in [1.54, 1.807) is 0 Å². The maximum Gasteiger partial charge on any atom is 0.126 e. The molecule has 1 saturated heterocycles. The molecule has 2 aliphatic rings. The van der Waals surface area contributed by atoms with Gasteiger partial charge in [0.2, 0.25) is 0 Å². The van der Waals surface area contributed by atoms with Gasteiger partial charge in [-0.2, -0.15) is 0 Å². The maximum atomic E-state index is 10.5. The second-order valence-corrected chi connectivity index (χ2v) is 8.80. The summed E-state index contributed by atoms with van der Waals surface area (Å²) in [5.41, 5.74) is 3.71. The van der Waals surface area contributed by atoms with E-state index in [0.717, 1.165) is 80.3 Å². The Morgan fingerprint density at radius 2 is 2.07 bits per heavy atom. The number of halogens is 1. The highest BCUT2D eigenvalue weighted by atomic mass is 35.5. The molecule has 0 bridgehead atoms. The number of likely N-dealkylation sites (tertiary alicyclic amines) is 1. The van der Waals surface area contributed by atoms with Crippen molar-refractivity contribution in [1.29, 1.82) is 0 Å². The van der Waals surface area contributed by atoms with Crippen molar-refractivity contribution in [3.8, 4) is 11.5 Å². The number of aldehydes is 1. The molecule has 0 aromatic heterocycles. The highest BCUT2D eigenvalue weighted by molar-refractivity contribution is 6.31. The lowest BCUT2D eigenvalue weighted by molar-refractivity contribution is -0.108. The van der Waals surface area contributed by atoms with Gasteiger partial charge in [0.05, 0.1) is 6.61 Å². The Morgan fingerprint density at radius 3 is 2.83 bits per heavy atom. The number of carbonyl (C=O) groups excluding carboxylic acids is 1. The van der Waals surface area contributed by atoms with E-state index in [9.17, 15) is 4.79 Å². The third-order valence-corrected chi connectivity index (χ3v) is 6.97. The maximum absolute atomic E-state index is 10.5. The van der Waals surface area contributed by atoms with Gasteiger partial charge in [0.1, 0.15) is 24.4 Å². The van der Waals surface area contributed by atoms with Crippen LogP contribution in [-0.2, 0) is 23.2 Å². The monoisotopic (exact) mass is 427 g/mol. The molecule has 0 radical (unpaired) electrons. The minimum absolute atomic E-state index is 0.118. The number of piperidine rings is 1. The van der Waals surface area contributed by atoms with Gasteiger partial charge >= 0.3 is 0 Å². The highest BCUT2D eigenvalue weighted by Crippen LogP contribution is 2.46. The molecule has 0 unspecified atom stereocenters. The zero-order valence-corrected chi connectivity index (χ0v) is 18.4. The van der Waals surface area contributed by atoms with Crippen LogP contribution in [0, 0.1) is 0 Å². The second-order valence-electron chi connectivity index (χ2n) is 8.40. The number of benzene rings is 2. The Balaban J connectivity index is 1.40. The first-order valence-corrected chi connectivity index (χ1v) is 11.4. The lowest BCUT2D eigenvalue weighted by Crippen LogP contribution is -2.43. The molecule has 4 rings (SSSR count). The molecule has 0 aliphatic carbocycles. The van der Waals surface area contributed by atoms with Crippen LogP contribution >= 0.6 is 11.6 Å². The van der Waals surface area contributed by atoms with E-state index in [4.69, 9.17) is 21.1 Å². The first-order chi connectivity index (χ1) is 14.6. The van der Waals surface area contributed by atoms with Crippen molar-refractivity contribution < 1.29 is 14.3 Å². The van der Waals surface area contributed by atoms with Crippen molar-refractivity contribution in [1.82, 2.24) is 4.90 Å². The Bertz CT molecular complexity index is 890. The average molecular weight is 428 g/mol. The van der Waals surface area contributed by atoms with E-state index in [0.29, 0.717) is 13.0 Å². The average Bonchev–Trinajstić information content (AvgIpc) is 3.12. The van der Waals surface area contributed by atoms with Crippen molar-refractivity contribution in [3.63, 3.8) is 0 Å². The molecule has 2 heterocycles. The third kappa shape index (κ3) is 4.35. The van der Waals surface area contributed by atoms with E-state index >= 15 is 0 Å². The number of hydrogen-bond donors (Lipinski definition) is 0. The summed E-state index contributed by atoms with van der Waals surface area (Å²) in [5.74, 6) is 1.77. The van der Waals surface area contributed by atoms with Crippen LogP contribution in [0.1, 0.15) is 49.3 Å². The summed E-state index contributed by atoms with van der Waals surface area (Å²) in [6.07, 6.45) is 5.75. The van der Waals surface area contributed by atoms with Crippen LogP contribution in [0.5, 0.6) is 11.5 Å². The third-order valence-electron chi connectivity index (χ3n) is 6.62. The van der Waals surface area contributed by atoms with Crippen LogP contribution in [0.2, 0.25) is 5.02 Å². The Kier molecular flexibility index (Phi) is 6.64. The van der Waals surface area contributed by atoms with E-state index in [-0.39, 0.29) is 5.41 Å². The molecular formula is C25H30ClNO3. The van der Waals surface area contributed by atoms with Gasteiger partial charge in [0, 0.05) is 34.1 Å². The van der Waals surface area contributed by atoms with E-state index in [2.05, 4.69) is 30.0 Å². The lowest BCUT2D eigenvalue weighted by atomic mass is 9.74. The molecule has 4 nitrogen and oxygen atoms in total. The topological polar surface area (TPSA) is 38.8 Å². The SMILES string of the molecule is CCc1cccc(Cl)c1COc1ccc2c(c1)OCC21CCN(CCCC=O)CC1. The summed E-state index contributed by atoms with van der Waals surface area (Å²) in [6, 6.07) is 12.3. The van der Waals surface area contributed by atoms with Gasteiger partial charge in [-0.3, -0.25) is 0 Å². The first kappa shape index (κ1) is 21.2. The number of unbranched alkanes of at least 4 members (excludes halogenated alkanes) is 1. The van der Waals surface area contributed by atoms with Gasteiger partial charge in [-0.25, -0.2) is 0 Å². The molecule has 30 heavy (non-hydrogen) atoms. The minimum Gasteiger partial charge on any atom is -0.492 e. The number of nitrogens with zero attached hydrogens (tertiary/aromatic N) is 1. The highest BCUT2D eigenvalue weighted by Gasteiger charge is 2.43. The Morgan fingerprint density at radius 1 is 1.23 bits per heavy atom. The largest absolute Gasteiger partial charge is 0.492 e.